The minimum atomic E-state index is -4.57. The Morgan fingerprint density at radius 2 is 1.70 bits per heavy atom. The van der Waals surface area contributed by atoms with E-state index < -0.39 is 37.1 Å². The second kappa shape index (κ2) is 7.47. The zero-order chi connectivity index (χ0) is 16.1. The van der Waals surface area contributed by atoms with Gasteiger partial charge in [0.05, 0.1) is 6.04 Å². The van der Waals surface area contributed by atoms with E-state index in [2.05, 4.69) is 0 Å². The lowest BCUT2D eigenvalue weighted by Crippen LogP contribution is -2.51. The van der Waals surface area contributed by atoms with Crippen molar-refractivity contribution in [1.82, 2.24) is 9.80 Å². The molecule has 0 saturated heterocycles. The molecule has 8 heteroatoms. The number of likely N-dealkylation sites (N-methyl/N-ethyl adjacent to an activating group) is 1. The summed E-state index contributed by atoms with van der Waals surface area (Å²) < 4.78 is 37.5. The van der Waals surface area contributed by atoms with Crippen LogP contribution >= 0.6 is 0 Å². The van der Waals surface area contributed by atoms with Gasteiger partial charge in [0.15, 0.2) is 0 Å². The van der Waals surface area contributed by atoms with Gasteiger partial charge in [-0.05, 0) is 12.3 Å². The molecular weight excluding hydrogens is 275 g/mol. The van der Waals surface area contributed by atoms with E-state index in [-0.39, 0.29) is 12.3 Å². The largest absolute Gasteiger partial charge is 0.406 e. The molecule has 0 aromatic rings. The molecule has 0 aliphatic carbocycles. The summed E-state index contributed by atoms with van der Waals surface area (Å²) in [6, 6.07) is -1.03. The average molecular weight is 297 g/mol. The molecule has 0 rings (SSSR count). The highest BCUT2D eigenvalue weighted by Crippen LogP contribution is 2.17. The maximum Gasteiger partial charge on any atom is 0.406 e. The molecule has 0 spiro atoms. The van der Waals surface area contributed by atoms with Crippen molar-refractivity contribution >= 4 is 11.8 Å². The first kappa shape index (κ1) is 18.7. The van der Waals surface area contributed by atoms with Crippen LogP contribution in [0.3, 0.4) is 0 Å². The van der Waals surface area contributed by atoms with Crippen molar-refractivity contribution in [1.29, 1.82) is 0 Å². The van der Waals surface area contributed by atoms with Gasteiger partial charge in [0.1, 0.15) is 13.1 Å². The standard InChI is InChI=1S/C12H22F3N3O2/c1-8(2)5-9(16)11(20)18(7-12(13,14)15)6-10(19)17(3)4/h8-9H,5-7,16H2,1-4H3/t9-/m0/s1. The van der Waals surface area contributed by atoms with E-state index in [0.717, 1.165) is 4.90 Å². The Morgan fingerprint density at radius 1 is 1.20 bits per heavy atom. The molecule has 0 radical (unpaired) electrons. The third-order valence-corrected chi connectivity index (χ3v) is 2.55. The highest BCUT2D eigenvalue weighted by molar-refractivity contribution is 5.87. The molecule has 2 amide bonds. The fourth-order valence-electron chi connectivity index (χ4n) is 1.58. The zero-order valence-corrected chi connectivity index (χ0v) is 12.2. The number of amides is 2. The van der Waals surface area contributed by atoms with Crippen molar-refractivity contribution in [2.75, 3.05) is 27.2 Å². The van der Waals surface area contributed by atoms with Crippen LogP contribution in [0.15, 0.2) is 0 Å². The summed E-state index contributed by atoms with van der Waals surface area (Å²) in [6.45, 7) is 1.52. The molecule has 0 fully saturated rings. The van der Waals surface area contributed by atoms with Gasteiger partial charge < -0.3 is 15.5 Å². The number of hydrogen-bond donors (Lipinski definition) is 1. The Morgan fingerprint density at radius 3 is 2.05 bits per heavy atom. The van der Waals surface area contributed by atoms with Gasteiger partial charge in [0, 0.05) is 14.1 Å². The predicted molar refractivity (Wildman–Crippen MR) is 68.8 cm³/mol. The van der Waals surface area contributed by atoms with Crippen LogP contribution < -0.4 is 5.73 Å². The summed E-state index contributed by atoms with van der Waals surface area (Å²) in [5.41, 5.74) is 5.61. The molecule has 5 nitrogen and oxygen atoms in total. The normalized spacial score (nSPS) is 13.2. The van der Waals surface area contributed by atoms with Crippen molar-refractivity contribution in [2.45, 2.75) is 32.5 Å². The molecule has 0 aliphatic rings. The highest BCUT2D eigenvalue weighted by Gasteiger charge is 2.35. The van der Waals surface area contributed by atoms with E-state index in [4.69, 9.17) is 5.73 Å². The van der Waals surface area contributed by atoms with E-state index in [1.165, 1.54) is 14.1 Å². The van der Waals surface area contributed by atoms with Crippen LogP contribution in [0.2, 0.25) is 0 Å². The topological polar surface area (TPSA) is 66.6 Å². The lowest BCUT2D eigenvalue weighted by molar-refractivity contribution is -0.164. The lowest BCUT2D eigenvalue weighted by Gasteiger charge is -2.27. The average Bonchev–Trinajstić information content (AvgIpc) is 2.23. The molecule has 1 atom stereocenters. The van der Waals surface area contributed by atoms with E-state index >= 15 is 0 Å². The maximum atomic E-state index is 12.5. The molecule has 0 saturated carbocycles. The maximum absolute atomic E-state index is 12.5. The summed E-state index contributed by atoms with van der Waals surface area (Å²) in [5.74, 6) is -1.36. The first-order valence-corrected chi connectivity index (χ1v) is 6.25. The molecule has 0 aromatic carbocycles. The van der Waals surface area contributed by atoms with Gasteiger partial charge in [-0.3, -0.25) is 9.59 Å². The fourth-order valence-corrected chi connectivity index (χ4v) is 1.58. The molecule has 118 valence electrons. The van der Waals surface area contributed by atoms with Crippen LogP contribution in [0.5, 0.6) is 0 Å². The first-order chi connectivity index (χ1) is 8.94. The molecule has 0 aliphatic heterocycles. The summed E-state index contributed by atoms with van der Waals surface area (Å²) >= 11 is 0. The van der Waals surface area contributed by atoms with Gasteiger partial charge in [-0.25, -0.2) is 0 Å². The van der Waals surface area contributed by atoms with Gasteiger partial charge in [-0.1, -0.05) is 13.8 Å². The summed E-state index contributed by atoms with van der Waals surface area (Å²) in [7, 11) is 2.82. The number of alkyl halides is 3. The Bertz CT molecular complexity index is 343. The number of carbonyl (C=O) groups excluding carboxylic acids is 2. The SMILES string of the molecule is CC(C)C[C@H](N)C(=O)N(CC(=O)N(C)C)CC(F)(F)F. The van der Waals surface area contributed by atoms with E-state index in [1.807, 2.05) is 13.8 Å². The number of nitrogens with two attached hydrogens (primary N) is 1. The third-order valence-electron chi connectivity index (χ3n) is 2.55. The van der Waals surface area contributed by atoms with Crippen molar-refractivity contribution < 1.29 is 22.8 Å². The van der Waals surface area contributed by atoms with Crippen molar-refractivity contribution in [3.8, 4) is 0 Å². The second-order valence-corrected chi connectivity index (χ2v) is 5.33. The number of carbonyl (C=O) groups is 2. The second-order valence-electron chi connectivity index (χ2n) is 5.33. The minimum Gasteiger partial charge on any atom is -0.347 e. The molecule has 0 heterocycles. The molecule has 0 aromatic heterocycles. The molecule has 2 N–H and O–H groups in total. The Hall–Kier alpha value is -1.31. The fraction of sp³-hybridized carbons (Fsp3) is 0.833. The number of hydrogen-bond acceptors (Lipinski definition) is 3. The van der Waals surface area contributed by atoms with Crippen LogP contribution in [0, 0.1) is 5.92 Å². The minimum absolute atomic E-state index is 0.0752. The van der Waals surface area contributed by atoms with Crippen molar-refractivity contribution in [3.05, 3.63) is 0 Å². The smallest absolute Gasteiger partial charge is 0.347 e. The van der Waals surface area contributed by atoms with Crippen LogP contribution in [0.1, 0.15) is 20.3 Å². The summed E-state index contributed by atoms with van der Waals surface area (Å²) in [5, 5.41) is 0. The van der Waals surface area contributed by atoms with Crippen molar-refractivity contribution in [2.24, 2.45) is 11.7 Å². The lowest BCUT2D eigenvalue weighted by atomic mass is 10.0. The number of nitrogens with zero attached hydrogens (tertiary/aromatic N) is 2. The van der Waals surface area contributed by atoms with Gasteiger partial charge >= 0.3 is 6.18 Å². The van der Waals surface area contributed by atoms with Crippen molar-refractivity contribution in [3.63, 3.8) is 0 Å². The molecule has 20 heavy (non-hydrogen) atoms. The quantitative estimate of drug-likeness (QED) is 0.790. The van der Waals surface area contributed by atoms with Crippen LogP contribution in [-0.2, 0) is 9.59 Å². The summed E-state index contributed by atoms with van der Waals surface area (Å²) in [4.78, 5) is 25.1. The molecule has 0 unspecified atom stereocenters. The van der Waals surface area contributed by atoms with E-state index in [0.29, 0.717) is 4.90 Å². The zero-order valence-electron chi connectivity index (χ0n) is 12.2. The van der Waals surface area contributed by atoms with Gasteiger partial charge in [0.2, 0.25) is 11.8 Å². The van der Waals surface area contributed by atoms with E-state index in [1.54, 1.807) is 0 Å². The van der Waals surface area contributed by atoms with Gasteiger partial charge in [-0.2, -0.15) is 13.2 Å². The Kier molecular flexibility index (Phi) is 6.98. The van der Waals surface area contributed by atoms with Crippen LogP contribution in [0.25, 0.3) is 0 Å². The predicted octanol–water partition coefficient (Wildman–Crippen LogP) is 0.839. The highest BCUT2D eigenvalue weighted by atomic mass is 19.4. The number of halogens is 3. The summed E-state index contributed by atoms with van der Waals surface area (Å²) in [6.07, 6.45) is -4.30. The van der Waals surface area contributed by atoms with Crippen LogP contribution in [-0.4, -0.2) is 61.0 Å². The monoisotopic (exact) mass is 297 g/mol. The molecule has 0 bridgehead atoms. The molecular formula is C12H22F3N3O2. The Labute approximate surface area is 116 Å². The van der Waals surface area contributed by atoms with Gasteiger partial charge in [-0.15, -0.1) is 0 Å². The first-order valence-electron chi connectivity index (χ1n) is 6.25. The van der Waals surface area contributed by atoms with Crippen LogP contribution in [0.4, 0.5) is 13.2 Å². The van der Waals surface area contributed by atoms with E-state index in [9.17, 15) is 22.8 Å². The Balaban J connectivity index is 4.92. The third kappa shape index (κ3) is 7.32. The number of rotatable bonds is 6. The van der Waals surface area contributed by atoms with Gasteiger partial charge in [0.25, 0.3) is 0 Å².